The van der Waals surface area contributed by atoms with Gasteiger partial charge in [0.15, 0.2) is 11.5 Å². The number of benzene rings is 1. The standard InChI is InChI=1S/C18H16BrNO4S/c1-4-7-20-17(21)15(25-18(20)22)11-12-9-13(19)16(24-8-5-2)14(10-12)23-6-3/h1,5,9-11H,2,6-8H2,3H3. The first-order chi connectivity index (χ1) is 12.0. The maximum absolute atomic E-state index is 12.3. The Labute approximate surface area is 159 Å². The summed E-state index contributed by atoms with van der Waals surface area (Å²) in [6.45, 7) is 6.24. The van der Waals surface area contributed by atoms with E-state index in [9.17, 15) is 9.59 Å². The maximum Gasteiger partial charge on any atom is 0.294 e. The fourth-order valence-electron chi connectivity index (χ4n) is 2.10. The second-order valence-corrected chi connectivity index (χ2v) is 6.68. The molecular formula is C18H16BrNO4S. The van der Waals surface area contributed by atoms with E-state index in [0.29, 0.717) is 39.7 Å². The van der Waals surface area contributed by atoms with E-state index >= 15 is 0 Å². The molecule has 0 unspecified atom stereocenters. The molecule has 5 nitrogen and oxygen atoms in total. The van der Waals surface area contributed by atoms with Crippen LogP contribution in [-0.2, 0) is 4.79 Å². The molecular weight excluding hydrogens is 406 g/mol. The van der Waals surface area contributed by atoms with Crippen molar-refractivity contribution in [2.75, 3.05) is 19.8 Å². The van der Waals surface area contributed by atoms with Gasteiger partial charge in [0.2, 0.25) is 0 Å². The van der Waals surface area contributed by atoms with Crippen LogP contribution in [0.15, 0.2) is 34.2 Å². The molecule has 0 aliphatic carbocycles. The van der Waals surface area contributed by atoms with Crippen molar-refractivity contribution >= 4 is 44.9 Å². The number of carbonyl (C=O) groups is 2. The third kappa shape index (κ3) is 4.47. The number of terminal acetylenes is 1. The largest absolute Gasteiger partial charge is 0.490 e. The van der Waals surface area contributed by atoms with Crippen molar-refractivity contribution in [1.29, 1.82) is 0 Å². The lowest BCUT2D eigenvalue weighted by Gasteiger charge is -2.13. The van der Waals surface area contributed by atoms with Crippen molar-refractivity contribution in [2.24, 2.45) is 0 Å². The zero-order valence-corrected chi connectivity index (χ0v) is 16.0. The van der Waals surface area contributed by atoms with Gasteiger partial charge in [-0.3, -0.25) is 14.5 Å². The molecule has 1 aliphatic heterocycles. The average Bonchev–Trinajstić information content (AvgIpc) is 2.82. The first-order valence-corrected chi connectivity index (χ1v) is 9.01. The normalized spacial score (nSPS) is 15.4. The molecule has 0 N–H and O–H groups in total. The molecule has 1 fully saturated rings. The van der Waals surface area contributed by atoms with Gasteiger partial charge in [0.1, 0.15) is 6.61 Å². The Hall–Kier alpha value is -2.17. The smallest absolute Gasteiger partial charge is 0.294 e. The Morgan fingerprint density at radius 2 is 2.16 bits per heavy atom. The van der Waals surface area contributed by atoms with Crippen molar-refractivity contribution in [3.8, 4) is 23.8 Å². The molecule has 1 aromatic carbocycles. The summed E-state index contributed by atoms with van der Waals surface area (Å²) in [6, 6.07) is 3.54. The summed E-state index contributed by atoms with van der Waals surface area (Å²) in [5.74, 6) is 3.00. The number of imide groups is 1. The molecule has 2 rings (SSSR count). The molecule has 1 aliphatic rings. The van der Waals surface area contributed by atoms with E-state index in [1.54, 1.807) is 24.3 Å². The second kappa shape index (κ2) is 8.79. The van der Waals surface area contributed by atoms with E-state index in [2.05, 4.69) is 28.4 Å². The van der Waals surface area contributed by atoms with Crippen molar-refractivity contribution in [2.45, 2.75) is 6.92 Å². The Bertz CT molecular complexity index is 782. The number of hydrogen-bond acceptors (Lipinski definition) is 5. The predicted octanol–water partition coefficient (Wildman–Crippen LogP) is 4.08. The van der Waals surface area contributed by atoms with Gasteiger partial charge < -0.3 is 9.47 Å². The van der Waals surface area contributed by atoms with Crippen LogP contribution in [0.25, 0.3) is 6.08 Å². The topological polar surface area (TPSA) is 55.8 Å². The second-order valence-electron chi connectivity index (χ2n) is 4.83. The van der Waals surface area contributed by atoms with Crippen LogP contribution in [0.3, 0.4) is 0 Å². The SMILES string of the molecule is C#CCN1C(=O)SC(=Cc2cc(Br)c(OCC=C)c(OCC)c2)C1=O. The van der Waals surface area contributed by atoms with E-state index in [1.807, 2.05) is 6.92 Å². The van der Waals surface area contributed by atoms with Gasteiger partial charge >= 0.3 is 0 Å². The molecule has 0 aromatic heterocycles. The highest BCUT2D eigenvalue weighted by Gasteiger charge is 2.34. The zero-order valence-electron chi connectivity index (χ0n) is 13.6. The molecule has 0 saturated carbocycles. The molecule has 0 bridgehead atoms. The third-order valence-electron chi connectivity index (χ3n) is 3.10. The van der Waals surface area contributed by atoms with Crippen LogP contribution in [0, 0.1) is 12.3 Å². The number of amides is 2. The van der Waals surface area contributed by atoms with Crippen LogP contribution in [0.2, 0.25) is 0 Å². The minimum Gasteiger partial charge on any atom is -0.490 e. The third-order valence-corrected chi connectivity index (χ3v) is 4.59. The van der Waals surface area contributed by atoms with Gasteiger partial charge in [0, 0.05) is 0 Å². The summed E-state index contributed by atoms with van der Waals surface area (Å²) >= 11 is 4.31. The highest BCUT2D eigenvalue weighted by atomic mass is 79.9. The minimum atomic E-state index is -0.394. The summed E-state index contributed by atoms with van der Waals surface area (Å²) in [5, 5.41) is -0.371. The van der Waals surface area contributed by atoms with Crippen LogP contribution in [0.5, 0.6) is 11.5 Å². The summed E-state index contributed by atoms with van der Waals surface area (Å²) in [6.07, 6.45) is 8.46. The number of ether oxygens (including phenoxy) is 2. The number of halogens is 1. The summed E-state index contributed by atoms with van der Waals surface area (Å²) in [5.41, 5.74) is 0.701. The molecule has 1 saturated heterocycles. The Morgan fingerprint density at radius 3 is 2.80 bits per heavy atom. The van der Waals surface area contributed by atoms with Gasteiger partial charge in [0.25, 0.3) is 11.1 Å². The number of nitrogens with zero attached hydrogens (tertiary/aromatic N) is 1. The fraction of sp³-hybridized carbons (Fsp3) is 0.222. The first-order valence-electron chi connectivity index (χ1n) is 7.40. The molecule has 130 valence electrons. The number of carbonyl (C=O) groups excluding carboxylic acids is 2. The highest BCUT2D eigenvalue weighted by Crippen LogP contribution is 2.39. The van der Waals surface area contributed by atoms with Crippen molar-refractivity contribution in [1.82, 2.24) is 4.90 Å². The zero-order chi connectivity index (χ0) is 18.4. The van der Waals surface area contributed by atoms with Gasteiger partial charge in [-0.25, -0.2) is 0 Å². The molecule has 1 heterocycles. The van der Waals surface area contributed by atoms with E-state index in [0.717, 1.165) is 16.7 Å². The van der Waals surface area contributed by atoms with Crippen LogP contribution >= 0.6 is 27.7 Å². The number of hydrogen-bond donors (Lipinski definition) is 0. The predicted molar refractivity (Wildman–Crippen MR) is 103 cm³/mol. The highest BCUT2D eigenvalue weighted by molar-refractivity contribution is 9.10. The van der Waals surface area contributed by atoms with Gasteiger partial charge in [-0.15, -0.1) is 6.42 Å². The van der Waals surface area contributed by atoms with E-state index in [4.69, 9.17) is 15.9 Å². The Balaban J connectivity index is 2.37. The molecule has 0 radical (unpaired) electrons. The first kappa shape index (κ1) is 19.2. The van der Waals surface area contributed by atoms with E-state index < -0.39 is 5.91 Å². The molecule has 0 atom stereocenters. The van der Waals surface area contributed by atoms with Crippen LogP contribution in [-0.4, -0.2) is 35.8 Å². The molecule has 0 spiro atoms. The minimum absolute atomic E-state index is 0.0375. The van der Waals surface area contributed by atoms with Crippen LogP contribution in [0.1, 0.15) is 12.5 Å². The monoisotopic (exact) mass is 421 g/mol. The van der Waals surface area contributed by atoms with Crippen LogP contribution in [0.4, 0.5) is 4.79 Å². The average molecular weight is 422 g/mol. The number of thioether (sulfide) groups is 1. The van der Waals surface area contributed by atoms with Crippen molar-refractivity contribution in [3.63, 3.8) is 0 Å². The quantitative estimate of drug-likeness (QED) is 0.377. The number of rotatable bonds is 7. The lowest BCUT2D eigenvalue weighted by atomic mass is 10.2. The van der Waals surface area contributed by atoms with E-state index in [-0.39, 0.29) is 11.8 Å². The Morgan fingerprint density at radius 1 is 1.40 bits per heavy atom. The van der Waals surface area contributed by atoms with Gasteiger partial charge in [-0.2, -0.15) is 0 Å². The fourth-order valence-corrected chi connectivity index (χ4v) is 3.51. The summed E-state index contributed by atoms with van der Waals surface area (Å²) in [4.78, 5) is 25.5. The molecule has 2 amide bonds. The van der Waals surface area contributed by atoms with Gasteiger partial charge in [0.05, 0.1) is 22.5 Å². The maximum atomic E-state index is 12.3. The lowest BCUT2D eigenvalue weighted by molar-refractivity contribution is -0.122. The van der Waals surface area contributed by atoms with Crippen LogP contribution < -0.4 is 9.47 Å². The van der Waals surface area contributed by atoms with Gasteiger partial charge in [-0.1, -0.05) is 18.6 Å². The molecule has 25 heavy (non-hydrogen) atoms. The Kier molecular flexibility index (Phi) is 6.73. The molecule has 1 aromatic rings. The van der Waals surface area contributed by atoms with Gasteiger partial charge in [-0.05, 0) is 58.4 Å². The summed E-state index contributed by atoms with van der Waals surface area (Å²) < 4.78 is 11.9. The van der Waals surface area contributed by atoms with Crippen molar-refractivity contribution in [3.05, 3.63) is 39.7 Å². The van der Waals surface area contributed by atoms with Crippen molar-refractivity contribution < 1.29 is 19.1 Å². The van der Waals surface area contributed by atoms with E-state index in [1.165, 1.54) is 0 Å². The lowest BCUT2D eigenvalue weighted by Crippen LogP contribution is -2.28. The summed E-state index contributed by atoms with van der Waals surface area (Å²) in [7, 11) is 0. The molecule has 7 heteroatoms.